The van der Waals surface area contributed by atoms with Gasteiger partial charge < -0.3 is 4.90 Å². The molecule has 0 amide bonds. The van der Waals surface area contributed by atoms with Crippen molar-refractivity contribution in [3.05, 3.63) is 40.5 Å². The molecule has 0 fully saturated rings. The lowest BCUT2D eigenvalue weighted by Gasteiger charge is -2.27. The van der Waals surface area contributed by atoms with Gasteiger partial charge in [0.25, 0.3) is 0 Å². The molecule has 3 aromatic rings. The topological polar surface area (TPSA) is 70.6 Å². The molecule has 0 bridgehead atoms. The van der Waals surface area contributed by atoms with E-state index < -0.39 is 0 Å². The molecule has 146 valence electrons. The summed E-state index contributed by atoms with van der Waals surface area (Å²) in [5.74, 6) is 1.59. The number of nitrogens with zero attached hydrogens (tertiary/aromatic N) is 5. The fourth-order valence-electron chi connectivity index (χ4n) is 4.11. The highest BCUT2D eigenvalue weighted by atomic mass is 35.5. The highest BCUT2D eigenvalue weighted by Crippen LogP contribution is 2.42. The standard InChI is InChI=1S/C21H25ClN6/c1-3-28(4-2)21-19(20-24-26-27-25-20)18(14-9-8-10-15(22)13-14)16-11-6-5-7-12-17(16)23-21/h8-10,13H,3-7,11-12H2,1-2H3,(H,24,25,26,27). The van der Waals surface area contributed by atoms with Crippen molar-refractivity contribution in [1.29, 1.82) is 0 Å². The summed E-state index contributed by atoms with van der Waals surface area (Å²) < 4.78 is 0. The van der Waals surface area contributed by atoms with E-state index in [4.69, 9.17) is 16.6 Å². The van der Waals surface area contributed by atoms with Gasteiger partial charge in [-0.15, -0.1) is 5.10 Å². The molecule has 1 N–H and O–H groups in total. The molecule has 0 spiro atoms. The minimum absolute atomic E-state index is 0.649. The molecule has 0 saturated heterocycles. The molecule has 1 aromatic carbocycles. The molecule has 7 heteroatoms. The van der Waals surface area contributed by atoms with Crippen LogP contribution >= 0.6 is 11.6 Å². The summed E-state index contributed by atoms with van der Waals surface area (Å²) in [6.45, 7) is 6.04. The zero-order valence-electron chi connectivity index (χ0n) is 16.4. The van der Waals surface area contributed by atoms with Crippen LogP contribution in [0.15, 0.2) is 24.3 Å². The van der Waals surface area contributed by atoms with Crippen LogP contribution in [0.1, 0.15) is 44.4 Å². The molecule has 28 heavy (non-hydrogen) atoms. The van der Waals surface area contributed by atoms with Crippen LogP contribution in [-0.2, 0) is 12.8 Å². The van der Waals surface area contributed by atoms with E-state index in [1.807, 2.05) is 18.2 Å². The van der Waals surface area contributed by atoms with E-state index in [2.05, 4.69) is 45.4 Å². The number of benzene rings is 1. The second-order valence-electron chi connectivity index (χ2n) is 7.10. The Balaban J connectivity index is 2.09. The maximum atomic E-state index is 6.37. The summed E-state index contributed by atoms with van der Waals surface area (Å²) in [5.41, 5.74) is 5.73. The Morgan fingerprint density at radius 2 is 1.89 bits per heavy atom. The van der Waals surface area contributed by atoms with Crippen molar-refractivity contribution in [1.82, 2.24) is 25.6 Å². The van der Waals surface area contributed by atoms with Crippen LogP contribution in [0.25, 0.3) is 22.5 Å². The minimum atomic E-state index is 0.649. The predicted molar refractivity (Wildman–Crippen MR) is 113 cm³/mol. The highest BCUT2D eigenvalue weighted by molar-refractivity contribution is 6.30. The maximum Gasteiger partial charge on any atom is 0.183 e. The molecule has 6 nitrogen and oxygen atoms in total. The normalized spacial score (nSPS) is 13.8. The van der Waals surface area contributed by atoms with Gasteiger partial charge in [-0.2, -0.15) is 0 Å². The molecule has 2 aromatic heterocycles. The first-order valence-corrected chi connectivity index (χ1v) is 10.4. The number of pyridine rings is 1. The third-order valence-electron chi connectivity index (χ3n) is 5.46. The van der Waals surface area contributed by atoms with Gasteiger partial charge >= 0.3 is 0 Å². The minimum Gasteiger partial charge on any atom is -0.357 e. The van der Waals surface area contributed by atoms with Gasteiger partial charge in [-0.05, 0) is 73.2 Å². The Morgan fingerprint density at radius 1 is 1.07 bits per heavy atom. The molecule has 0 saturated carbocycles. The number of anilines is 1. The average molecular weight is 397 g/mol. The molecule has 0 radical (unpaired) electrons. The number of aromatic nitrogens is 5. The smallest absolute Gasteiger partial charge is 0.183 e. The van der Waals surface area contributed by atoms with E-state index in [1.54, 1.807) is 0 Å². The lowest BCUT2D eigenvalue weighted by atomic mass is 9.90. The molecular weight excluding hydrogens is 372 g/mol. The SMILES string of the molecule is CCN(CC)c1nc2c(c(-c3cccc(Cl)c3)c1-c1nnn[nH]1)CCCCC2. The first-order chi connectivity index (χ1) is 13.7. The maximum absolute atomic E-state index is 6.37. The Bertz CT molecular complexity index is 950. The van der Waals surface area contributed by atoms with Gasteiger partial charge in [-0.1, -0.05) is 30.2 Å². The number of tetrazole rings is 1. The second kappa shape index (κ2) is 8.27. The van der Waals surface area contributed by atoms with Crippen LogP contribution < -0.4 is 4.90 Å². The molecular formula is C21H25ClN6. The van der Waals surface area contributed by atoms with E-state index in [1.165, 1.54) is 30.5 Å². The first-order valence-electron chi connectivity index (χ1n) is 10.0. The van der Waals surface area contributed by atoms with Crippen molar-refractivity contribution in [3.8, 4) is 22.5 Å². The largest absolute Gasteiger partial charge is 0.357 e. The predicted octanol–water partition coefficient (Wildman–Crippen LogP) is 4.70. The van der Waals surface area contributed by atoms with E-state index in [0.717, 1.165) is 53.5 Å². The van der Waals surface area contributed by atoms with Gasteiger partial charge in [-0.3, -0.25) is 0 Å². The number of hydrogen-bond donors (Lipinski definition) is 1. The lowest BCUT2D eigenvalue weighted by molar-refractivity contribution is 0.708. The quantitative estimate of drug-likeness (QED) is 0.633. The zero-order valence-corrected chi connectivity index (χ0v) is 17.1. The van der Waals surface area contributed by atoms with Crippen molar-refractivity contribution < 1.29 is 0 Å². The first kappa shape index (κ1) is 18.9. The number of hydrogen-bond acceptors (Lipinski definition) is 5. The van der Waals surface area contributed by atoms with Gasteiger partial charge in [0.15, 0.2) is 5.82 Å². The van der Waals surface area contributed by atoms with Crippen LogP contribution in [0.4, 0.5) is 5.82 Å². The van der Waals surface area contributed by atoms with Crippen LogP contribution in [0, 0.1) is 0 Å². The van der Waals surface area contributed by atoms with E-state index >= 15 is 0 Å². The molecule has 0 atom stereocenters. The number of H-pyrrole nitrogens is 1. The number of aromatic amines is 1. The van der Waals surface area contributed by atoms with Gasteiger partial charge in [0, 0.05) is 29.4 Å². The van der Waals surface area contributed by atoms with Crippen molar-refractivity contribution >= 4 is 17.4 Å². The van der Waals surface area contributed by atoms with Crippen LogP contribution in [-0.4, -0.2) is 38.7 Å². The van der Waals surface area contributed by atoms with Crippen LogP contribution in [0.3, 0.4) is 0 Å². The summed E-state index contributed by atoms with van der Waals surface area (Å²) >= 11 is 6.37. The zero-order chi connectivity index (χ0) is 19.5. The van der Waals surface area contributed by atoms with E-state index in [9.17, 15) is 0 Å². The van der Waals surface area contributed by atoms with Crippen molar-refractivity contribution in [2.24, 2.45) is 0 Å². The Morgan fingerprint density at radius 3 is 2.61 bits per heavy atom. The monoisotopic (exact) mass is 396 g/mol. The third kappa shape index (κ3) is 3.49. The second-order valence-corrected chi connectivity index (χ2v) is 7.54. The number of halogens is 1. The highest BCUT2D eigenvalue weighted by Gasteiger charge is 2.26. The van der Waals surface area contributed by atoms with Crippen molar-refractivity contribution in [2.45, 2.75) is 46.0 Å². The van der Waals surface area contributed by atoms with Gasteiger partial charge in [0.1, 0.15) is 5.82 Å². The number of nitrogens with one attached hydrogen (secondary N) is 1. The van der Waals surface area contributed by atoms with Crippen LogP contribution in [0.5, 0.6) is 0 Å². The Labute approximate surface area is 170 Å². The van der Waals surface area contributed by atoms with Crippen LogP contribution in [0.2, 0.25) is 5.02 Å². The van der Waals surface area contributed by atoms with E-state index in [-0.39, 0.29) is 0 Å². The van der Waals surface area contributed by atoms with Gasteiger partial charge in [-0.25, -0.2) is 10.1 Å². The summed E-state index contributed by atoms with van der Waals surface area (Å²) in [6, 6.07) is 8.06. The summed E-state index contributed by atoms with van der Waals surface area (Å²) in [5, 5.41) is 15.6. The number of rotatable bonds is 5. The molecule has 0 aliphatic heterocycles. The lowest BCUT2D eigenvalue weighted by Crippen LogP contribution is -2.25. The Hall–Kier alpha value is -2.47. The Kier molecular flexibility index (Phi) is 5.57. The molecule has 2 heterocycles. The molecule has 0 unspecified atom stereocenters. The van der Waals surface area contributed by atoms with Crippen molar-refractivity contribution in [3.63, 3.8) is 0 Å². The fraction of sp³-hybridized carbons (Fsp3) is 0.429. The number of aryl methyl sites for hydroxylation is 1. The summed E-state index contributed by atoms with van der Waals surface area (Å²) in [6.07, 6.45) is 5.59. The molecule has 4 rings (SSSR count). The van der Waals surface area contributed by atoms with Gasteiger partial charge in [0.2, 0.25) is 0 Å². The average Bonchev–Trinajstić information content (AvgIpc) is 3.13. The van der Waals surface area contributed by atoms with Crippen molar-refractivity contribution in [2.75, 3.05) is 18.0 Å². The fourth-order valence-corrected chi connectivity index (χ4v) is 4.30. The molecule has 1 aliphatic carbocycles. The van der Waals surface area contributed by atoms with E-state index in [0.29, 0.717) is 5.82 Å². The van der Waals surface area contributed by atoms with Gasteiger partial charge in [0.05, 0.1) is 5.56 Å². The third-order valence-corrected chi connectivity index (χ3v) is 5.70. The summed E-state index contributed by atoms with van der Waals surface area (Å²) in [7, 11) is 0. The molecule has 1 aliphatic rings. The summed E-state index contributed by atoms with van der Waals surface area (Å²) in [4.78, 5) is 7.43. The number of fused-ring (bicyclic) bond motifs is 1.